The molecule has 0 atom stereocenters. The van der Waals surface area contributed by atoms with Crippen LogP contribution in [-0.2, 0) is 4.79 Å². The summed E-state index contributed by atoms with van der Waals surface area (Å²) in [7, 11) is 0. The maximum atomic E-state index is 10.7. The Morgan fingerprint density at radius 1 is 1.53 bits per heavy atom. The first-order valence-corrected chi connectivity index (χ1v) is 4.29. The lowest BCUT2D eigenvalue weighted by Crippen LogP contribution is -2.29. The van der Waals surface area contributed by atoms with Gasteiger partial charge in [0.15, 0.2) is 6.29 Å². The van der Waals surface area contributed by atoms with Crippen LogP contribution in [0.25, 0.3) is 5.57 Å². The molecular formula is C10H11N3O2. The number of allylic oxidation sites excluding steroid dienone is 2. The summed E-state index contributed by atoms with van der Waals surface area (Å²) in [4.78, 5) is 25.3. The third-order valence-electron chi connectivity index (χ3n) is 1.83. The van der Waals surface area contributed by atoms with Crippen molar-refractivity contribution in [3.05, 3.63) is 35.8 Å². The minimum absolute atomic E-state index is 0.126. The van der Waals surface area contributed by atoms with E-state index < -0.39 is 6.03 Å². The molecule has 2 amide bonds. The van der Waals surface area contributed by atoms with Crippen LogP contribution < -0.4 is 11.1 Å². The average Bonchev–Trinajstić information content (AvgIpc) is 2.26. The molecule has 0 aliphatic rings. The molecule has 1 heterocycles. The lowest BCUT2D eigenvalue weighted by atomic mass is 10.1. The van der Waals surface area contributed by atoms with Crippen LogP contribution in [0.4, 0.5) is 4.79 Å². The van der Waals surface area contributed by atoms with Gasteiger partial charge in [0.2, 0.25) is 0 Å². The summed E-state index contributed by atoms with van der Waals surface area (Å²) < 4.78 is 0. The van der Waals surface area contributed by atoms with Crippen molar-refractivity contribution in [2.45, 2.75) is 6.92 Å². The summed E-state index contributed by atoms with van der Waals surface area (Å²) in [5, 5.41) is 2.24. The smallest absolute Gasteiger partial charge is 0.316 e. The lowest BCUT2D eigenvalue weighted by Gasteiger charge is -2.05. The Morgan fingerprint density at radius 3 is 2.73 bits per heavy atom. The number of hydrogen-bond acceptors (Lipinski definition) is 3. The van der Waals surface area contributed by atoms with Crippen LogP contribution in [0.5, 0.6) is 0 Å². The highest BCUT2D eigenvalue weighted by atomic mass is 16.2. The van der Waals surface area contributed by atoms with Crippen molar-refractivity contribution in [1.29, 1.82) is 0 Å². The van der Waals surface area contributed by atoms with Crippen molar-refractivity contribution in [1.82, 2.24) is 10.3 Å². The van der Waals surface area contributed by atoms with Gasteiger partial charge in [-0.15, -0.1) is 0 Å². The fourth-order valence-electron chi connectivity index (χ4n) is 1.07. The highest BCUT2D eigenvalue weighted by molar-refractivity contribution is 5.91. The van der Waals surface area contributed by atoms with Crippen LogP contribution in [0.2, 0.25) is 0 Å². The van der Waals surface area contributed by atoms with Crippen molar-refractivity contribution in [2.24, 2.45) is 5.73 Å². The monoisotopic (exact) mass is 205 g/mol. The maximum Gasteiger partial charge on any atom is 0.316 e. The van der Waals surface area contributed by atoms with E-state index in [1.54, 1.807) is 31.3 Å². The van der Waals surface area contributed by atoms with E-state index >= 15 is 0 Å². The van der Waals surface area contributed by atoms with Gasteiger partial charge in [0.05, 0.1) is 11.4 Å². The fourth-order valence-corrected chi connectivity index (χ4v) is 1.07. The largest absolute Gasteiger partial charge is 0.351 e. The van der Waals surface area contributed by atoms with Crippen molar-refractivity contribution < 1.29 is 9.59 Å². The van der Waals surface area contributed by atoms with E-state index in [9.17, 15) is 9.59 Å². The number of carbonyl (C=O) groups excluding carboxylic acids is 2. The zero-order chi connectivity index (χ0) is 11.3. The third-order valence-corrected chi connectivity index (χ3v) is 1.83. The standard InChI is InChI=1S/C10H11N3O2/c1-7(8-4-2-3-5-12-8)9(6-14)13-10(11)15/h2-6H,1H3,(H3,11,13,15). The molecule has 1 rings (SSSR count). The van der Waals surface area contributed by atoms with E-state index in [1.165, 1.54) is 0 Å². The van der Waals surface area contributed by atoms with Crippen LogP contribution >= 0.6 is 0 Å². The molecule has 5 heteroatoms. The Balaban J connectivity index is 3.06. The Morgan fingerprint density at radius 2 is 2.27 bits per heavy atom. The van der Waals surface area contributed by atoms with Crippen molar-refractivity contribution >= 4 is 17.9 Å². The van der Waals surface area contributed by atoms with Gasteiger partial charge in [-0.3, -0.25) is 9.78 Å². The number of primary amides is 1. The van der Waals surface area contributed by atoms with Crippen LogP contribution in [-0.4, -0.2) is 17.3 Å². The first-order chi connectivity index (χ1) is 7.15. The zero-order valence-electron chi connectivity index (χ0n) is 8.23. The molecule has 0 aliphatic heterocycles. The Kier molecular flexibility index (Phi) is 3.56. The summed E-state index contributed by atoms with van der Waals surface area (Å²) in [6.45, 7) is 1.68. The molecule has 1 aromatic rings. The van der Waals surface area contributed by atoms with Gasteiger partial charge in [-0.25, -0.2) is 4.79 Å². The summed E-state index contributed by atoms with van der Waals surface area (Å²) in [5.41, 5.74) is 6.24. The second-order valence-electron chi connectivity index (χ2n) is 2.86. The minimum Gasteiger partial charge on any atom is -0.351 e. The van der Waals surface area contributed by atoms with Gasteiger partial charge in [0.25, 0.3) is 0 Å². The number of urea groups is 1. The number of hydrogen-bond donors (Lipinski definition) is 2. The van der Waals surface area contributed by atoms with E-state index in [4.69, 9.17) is 5.73 Å². The van der Waals surface area contributed by atoms with E-state index in [2.05, 4.69) is 10.3 Å². The van der Waals surface area contributed by atoms with E-state index in [-0.39, 0.29) is 5.70 Å². The summed E-state index contributed by atoms with van der Waals surface area (Å²) in [5.74, 6) is 0. The molecule has 5 nitrogen and oxygen atoms in total. The van der Waals surface area contributed by atoms with Crippen molar-refractivity contribution in [3.8, 4) is 0 Å². The normalized spacial score (nSPS) is 11.5. The summed E-state index contributed by atoms with van der Waals surface area (Å²) in [6.07, 6.45) is 2.14. The second-order valence-corrected chi connectivity index (χ2v) is 2.86. The van der Waals surface area contributed by atoms with Crippen LogP contribution in [0.3, 0.4) is 0 Å². The highest BCUT2D eigenvalue weighted by Gasteiger charge is 2.06. The molecule has 78 valence electrons. The summed E-state index contributed by atoms with van der Waals surface area (Å²) >= 11 is 0. The van der Waals surface area contributed by atoms with E-state index in [0.717, 1.165) is 0 Å². The Labute approximate surface area is 87.0 Å². The molecule has 1 aromatic heterocycles. The molecule has 0 unspecified atom stereocenters. The number of aromatic nitrogens is 1. The van der Waals surface area contributed by atoms with Gasteiger partial charge in [0, 0.05) is 11.8 Å². The number of nitrogens with two attached hydrogens (primary N) is 1. The number of carbonyl (C=O) groups is 2. The van der Waals surface area contributed by atoms with Crippen molar-refractivity contribution in [2.75, 3.05) is 0 Å². The quantitative estimate of drug-likeness (QED) is 0.562. The SMILES string of the molecule is CC(=C(C=O)NC(N)=O)c1ccccn1. The maximum absolute atomic E-state index is 10.7. The molecule has 0 spiro atoms. The zero-order valence-corrected chi connectivity index (χ0v) is 8.23. The molecule has 0 aliphatic carbocycles. The van der Waals surface area contributed by atoms with Gasteiger partial charge < -0.3 is 11.1 Å². The van der Waals surface area contributed by atoms with Crippen LogP contribution in [0, 0.1) is 0 Å². The molecule has 0 saturated heterocycles. The molecule has 0 bridgehead atoms. The minimum atomic E-state index is -0.771. The van der Waals surface area contributed by atoms with Crippen LogP contribution in [0.1, 0.15) is 12.6 Å². The Bertz CT molecular complexity index is 398. The second kappa shape index (κ2) is 4.90. The third kappa shape index (κ3) is 2.91. The predicted octanol–water partition coefficient (Wildman–Crippen LogP) is 0.680. The van der Waals surface area contributed by atoms with Crippen LogP contribution in [0.15, 0.2) is 30.1 Å². The topological polar surface area (TPSA) is 85.1 Å². The van der Waals surface area contributed by atoms with Gasteiger partial charge in [-0.05, 0) is 19.1 Å². The summed E-state index contributed by atoms with van der Waals surface area (Å²) in [6, 6.07) is 4.52. The van der Waals surface area contributed by atoms with E-state index in [1.807, 2.05) is 0 Å². The predicted molar refractivity (Wildman–Crippen MR) is 55.6 cm³/mol. The lowest BCUT2D eigenvalue weighted by molar-refractivity contribution is -0.105. The first kappa shape index (κ1) is 10.9. The number of nitrogens with zero attached hydrogens (tertiary/aromatic N) is 1. The average molecular weight is 205 g/mol. The first-order valence-electron chi connectivity index (χ1n) is 4.29. The van der Waals surface area contributed by atoms with Gasteiger partial charge >= 0.3 is 6.03 Å². The highest BCUT2D eigenvalue weighted by Crippen LogP contribution is 2.12. The van der Waals surface area contributed by atoms with Gasteiger partial charge in [-0.2, -0.15) is 0 Å². The molecular weight excluding hydrogens is 194 g/mol. The van der Waals surface area contributed by atoms with Gasteiger partial charge in [-0.1, -0.05) is 6.07 Å². The molecule has 0 fully saturated rings. The molecule has 0 aromatic carbocycles. The molecule has 0 saturated carbocycles. The van der Waals surface area contributed by atoms with Crippen molar-refractivity contribution in [3.63, 3.8) is 0 Å². The number of nitrogens with one attached hydrogen (secondary N) is 1. The van der Waals surface area contributed by atoms with E-state index in [0.29, 0.717) is 17.6 Å². The molecule has 15 heavy (non-hydrogen) atoms. The number of rotatable bonds is 3. The van der Waals surface area contributed by atoms with Gasteiger partial charge in [0.1, 0.15) is 0 Å². The fraction of sp³-hybridized carbons (Fsp3) is 0.100. The molecule has 0 radical (unpaired) electrons. The number of aldehydes is 1. The number of pyridine rings is 1. The molecule has 3 N–H and O–H groups in total. The Hall–Kier alpha value is -2.17. The number of amides is 2.